The number of methoxy groups -OCH3 is 1. The number of esters is 1. The van der Waals surface area contributed by atoms with Gasteiger partial charge in [-0.25, -0.2) is 9.59 Å². The molecule has 0 aromatic heterocycles. The van der Waals surface area contributed by atoms with E-state index in [1.165, 1.54) is 7.11 Å². The molecular weight excluding hydrogens is 354 g/mol. The van der Waals surface area contributed by atoms with Crippen molar-refractivity contribution in [1.82, 2.24) is 5.32 Å². The van der Waals surface area contributed by atoms with Crippen LogP contribution < -0.4 is 10.1 Å². The largest absolute Gasteiger partial charge is 0.491 e. The van der Waals surface area contributed by atoms with Crippen LogP contribution in [0.2, 0.25) is 0 Å². The number of carbonyl (C=O) groups is 2. The predicted molar refractivity (Wildman–Crippen MR) is 85.2 cm³/mol. The molecule has 0 fully saturated rings. The van der Waals surface area contributed by atoms with E-state index in [0.717, 1.165) is 0 Å². The summed E-state index contributed by atoms with van der Waals surface area (Å²) < 4.78 is 15.9. The second-order valence-electron chi connectivity index (χ2n) is 5.41. The molecule has 0 heterocycles. The number of rotatable bonds is 5. The molecule has 0 saturated heterocycles. The van der Waals surface area contributed by atoms with E-state index in [4.69, 9.17) is 9.47 Å². The normalized spacial score (nSPS) is 10.8. The third-order valence-corrected chi connectivity index (χ3v) is 3.00. The van der Waals surface area contributed by atoms with Crippen LogP contribution in [-0.2, 0) is 9.47 Å². The average Bonchev–Trinajstić information content (AvgIpc) is 2.42. The van der Waals surface area contributed by atoms with Crippen LogP contribution in [0.4, 0.5) is 4.79 Å². The van der Waals surface area contributed by atoms with Gasteiger partial charge in [-0.15, -0.1) is 0 Å². The maximum absolute atomic E-state index is 11.4. The molecule has 0 atom stereocenters. The van der Waals surface area contributed by atoms with E-state index in [2.05, 4.69) is 26.0 Å². The van der Waals surface area contributed by atoms with Crippen molar-refractivity contribution in [2.45, 2.75) is 26.4 Å². The fourth-order valence-corrected chi connectivity index (χ4v) is 1.98. The Kier molecular flexibility index (Phi) is 6.67. The molecule has 1 rings (SSSR count). The van der Waals surface area contributed by atoms with Crippen LogP contribution in [0.15, 0.2) is 22.7 Å². The van der Waals surface area contributed by atoms with Crippen LogP contribution in [0.25, 0.3) is 0 Å². The topological polar surface area (TPSA) is 73.9 Å². The summed E-state index contributed by atoms with van der Waals surface area (Å²) in [5, 5.41) is 2.59. The first-order valence-electron chi connectivity index (χ1n) is 6.70. The first-order chi connectivity index (χ1) is 10.2. The fourth-order valence-electron chi connectivity index (χ4n) is 1.49. The van der Waals surface area contributed by atoms with Crippen LogP contribution in [0, 0.1) is 0 Å². The van der Waals surface area contributed by atoms with Gasteiger partial charge < -0.3 is 19.5 Å². The molecule has 0 unspecified atom stereocenters. The third kappa shape index (κ3) is 6.34. The minimum atomic E-state index is -0.530. The zero-order valence-corrected chi connectivity index (χ0v) is 14.7. The molecule has 0 aliphatic carbocycles. The van der Waals surface area contributed by atoms with Gasteiger partial charge >= 0.3 is 12.1 Å². The minimum absolute atomic E-state index is 0.273. The molecule has 122 valence electrons. The molecule has 22 heavy (non-hydrogen) atoms. The van der Waals surface area contributed by atoms with Crippen molar-refractivity contribution in [3.05, 3.63) is 28.2 Å². The number of benzene rings is 1. The summed E-state index contributed by atoms with van der Waals surface area (Å²) in [4.78, 5) is 22.8. The zero-order valence-electron chi connectivity index (χ0n) is 13.1. The summed E-state index contributed by atoms with van der Waals surface area (Å²) in [6, 6.07) is 4.87. The average molecular weight is 374 g/mol. The second kappa shape index (κ2) is 8.03. The van der Waals surface area contributed by atoms with Gasteiger partial charge in [-0.05, 0) is 54.9 Å². The van der Waals surface area contributed by atoms with Crippen molar-refractivity contribution in [2.24, 2.45) is 0 Å². The SMILES string of the molecule is COC(=O)c1ccc(OCCNC(=O)OC(C)(C)C)c(Br)c1. The highest BCUT2D eigenvalue weighted by molar-refractivity contribution is 9.10. The Labute approximate surface area is 138 Å². The Morgan fingerprint density at radius 2 is 1.95 bits per heavy atom. The van der Waals surface area contributed by atoms with Crippen LogP contribution >= 0.6 is 15.9 Å². The van der Waals surface area contributed by atoms with Crippen molar-refractivity contribution in [3.8, 4) is 5.75 Å². The molecule has 0 aliphatic rings. The van der Waals surface area contributed by atoms with Gasteiger partial charge in [0, 0.05) is 0 Å². The summed E-state index contributed by atoms with van der Waals surface area (Å²) in [6.45, 7) is 5.96. The van der Waals surface area contributed by atoms with E-state index >= 15 is 0 Å². The van der Waals surface area contributed by atoms with Crippen molar-refractivity contribution in [1.29, 1.82) is 0 Å². The van der Waals surface area contributed by atoms with Crippen LogP contribution in [-0.4, -0.2) is 37.9 Å². The summed E-state index contributed by atoms with van der Waals surface area (Å²) in [6.07, 6.45) is -0.490. The van der Waals surface area contributed by atoms with Gasteiger partial charge in [-0.2, -0.15) is 0 Å². The van der Waals surface area contributed by atoms with Gasteiger partial charge in [0.1, 0.15) is 18.0 Å². The molecular formula is C15H20BrNO5. The number of hydrogen-bond donors (Lipinski definition) is 1. The predicted octanol–water partition coefficient (Wildman–Crippen LogP) is 3.14. The number of carbonyl (C=O) groups excluding carboxylic acids is 2. The van der Waals surface area contributed by atoms with E-state index < -0.39 is 17.7 Å². The lowest BCUT2D eigenvalue weighted by atomic mass is 10.2. The molecule has 1 aromatic carbocycles. The zero-order chi connectivity index (χ0) is 16.8. The molecule has 1 amide bonds. The summed E-state index contributed by atoms with van der Waals surface area (Å²) in [5.74, 6) is 0.150. The highest BCUT2D eigenvalue weighted by Crippen LogP contribution is 2.26. The van der Waals surface area contributed by atoms with E-state index in [1.807, 2.05) is 0 Å². The minimum Gasteiger partial charge on any atom is -0.491 e. The van der Waals surface area contributed by atoms with Crippen LogP contribution in [0.3, 0.4) is 0 Å². The molecule has 1 aromatic rings. The van der Waals surface area contributed by atoms with E-state index in [0.29, 0.717) is 22.3 Å². The Balaban J connectivity index is 2.43. The fraction of sp³-hybridized carbons (Fsp3) is 0.467. The lowest BCUT2D eigenvalue weighted by Crippen LogP contribution is -2.34. The Morgan fingerprint density at radius 1 is 1.27 bits per heavy atom. The Morgan fingerprint density at radius 3 is 2.50 bits per heavy atom. The molecule has 0 bridgehead atoms. The molecule has 6 nitrogen and oxygen atoms in total. The maximum atomic E-state index is 11.4. The highest BCUT2D eigenvalue weighted by atomic mass is 79.9. The molecule has 0 aliphatic heterocycles. The monoisotopic (exact) mass is 373 g/mol. The number of hydrogen-bond acceptors (Lipinski definition) is 5. The lowest BCUT2D eigenvalue weighted by Gasteiger charge is -2.19. The summed E-state index contributed by atoms with van der Waals surface area (Å²) >= 11 is 3.32. The smallest absolute Gasteiger partial charge is 0.407 e. The number of nitrogens with one attached hydrogen (secondary N) is 1. The molecule has 0 radical (unpaired) electrons. The number of halogens is 1. The van der Waals surface area contributed by atoms with Gasteiger partial charge in [-0.3, -0.25) is 0 Å². The first-order valence-corrected chi connectivity index (χ1v) is 7.50. The van der Waals surface area contributed by atoms with Crippen LogP contribution in [0.1, 0.15) is 31.1 Å². The Bertz CT molecular complexity index is 539. The van der Waals surface area contributed by atoms with Gasteiger partial charge in [0.25, 0.3) is 0 Å². The second-order valence-corrected chi connectivity index (χ2v) is 6.27. The van der Waals surface area contributed by atoms with Gasteiger partial charge in [0.2, 0.25) is 0 Å². The van der Waals surface area contributed by atoms with Crippen molar-refractivity contribution < 1.29 is 23.8 Å². The molecule has 7 heteroatoms. The first kappa shape index (κ1) is 18.3. The van der Waals surface area contributed by atoms with Crippen molar-refractivity contribution in [3.63, 3.8) is 0 Å². The van der Waals surface area contributed by atoms with Crippen molar-refractivity contribution in [2.75, 3.05) is 20.3 Å². The van der Waals surface area contributed by atoms with Gasteiger partial charge in [0.05, 0.1) is 23.7 Å². The van der Waals surface area contributed by atoms with Gasteiger partial charge in [-0.1, -0.05) is 0 Å². The molecule has 0 spiro atoms. The third-order valence-electron chi connectivity index (χ3n) is 2.38. The van der Waals surface area contributed by atoms with E-state index in [-0.39, 0.29) is 6.61 Å². The molecule has 0 saturated carbocycles. The number of ether oxygens (including phenoxy) is 3. The van der Waals surface area contributed by atoms with Crippen molar-refractivity contribution >= 4 is 28.0 Å². The summed E-state index contributed by atoms with van der Waals surface area (Å²) in [7, 11) is 1.32. The van der Waals surface area contributed by atoms with E-state index in [9.17, 15) is 9.59 Å². The van der Waals surface area contributed by atoms with E-state index in [1.54, 1.807) is 39.0 Å². The quantitative estimate of drug-likeness (QED) is 0.633. The van der Waals surface area contributed by atoms with Gasteiger partial charge in [0.15, 0.2) is 0 Å². The highest BCUT2D eigenvalue weighted by Gasteiger charge is 2.15. The lowest BCUT2D eigenvalue weighted by molar-refractivity contribution is 0.0518. The number of amides is 1. The van der Waals surface area contributed by atoms with Crippen LogP contribution in [0.5, 0.6) is 5.75 Å². The Hall–Kier alpha value is -1.76. The summed E-state index contributed by atoms with van der Waals surface area (Å²) in [5.41, 5.74) is -0.105. The standard InChI is InChI=1S/C15H20BrNO5/c1-15(2,3)22-14(19)17-7-8-21-12-6-5-10(9-11(12)16)13(18)20-4/h5-6,9H,7-8H2,1-4H3,(H,17,19). The number of alkyl carbamates (subject to hydrolysis) is 1. The molecule has 1 N–H and O–H groups in total. The maximum Gasteiger partial charge on any atom is 0.407 e.